The number of rotatable bonds is 10. The molecular weight excluding hydrogens is 250 g/mol. The fraction of sp³-hybridized carbons (Fsp3) is 0.647. The Morgan fingerprint density at radius 1 is 1.10 bits per heavy atom. The fourth-order valence-corrected chi connectivity index (χ4v) is 2.33. The molecule has 0 bridgehead atoms. The van der Waals surface area contributed by atoms with E-state index < -0.39 is 0 Å². The smallest absolute Gasteiger partial charge is 0.343 e. The minimum Gasteiger partial charge on any atom is -0.465 e. The second kappa shape index (κ2) is 10.4. The predicted octanol–water partition coefficient (Wildman–Crippen LogP) is 3.90. The Balaban J connectivity index is 2.17. The van der Waals surface area contributed by atoms with Gasteiger partial charge >= 0.3 is 5.97 Å². The Morgan fingerprint density at radius 3 is 2.40 bits per heavy atom. The molecule has 0 amide bonds. The molecule has 0 saturated carbocycles. The van der Waals surface area contributed by atoms with E-state index in [2.05, 4.69) is 11.5 Å². The first-order valence-electron chi connectivity index (χ1n) is 7.85. The lowest BCUT2D eigenvalue weighted by atomic mass is 10.1. The highest BCUT2D eigenvalue weighted by Gasteiger charge is 2.09. The minimum absolute atomic E-state index is 0.268. The summed E-state index contributed by atoms with van der Waals surface area (Å²) in [5.74, 6) is -0.268. The van der Waals surface area contributed by atoms with Crippen LogP contribution >= 0.6 is 0 Å². The molecule has 3 heteroatoms. The van der Waals surface area contributed by atoms with Crippen LogP contribution in [0.25, 0.3) is 0 Å². The topological polar surface area (TPSA) is 30.2 Å². The lowest BCUT2D eigenvalue weighted by Crippen LogP contribution is -2.33. The first-order valence-corrected chi connectivity index (χ1v) is 7.85. The summed E-state index contributed by atoms with van der Waals surface area (Å²) in [6.07, 6.45) is 14.4. The van der Waals surface area contributed by atoms with E-state index in [-0.39, 0.29) is 5.97 Å². The Kier molecular flexibility index (Phi) is 8.68. The van der Waals surface area contributed by atoms with Crippen molar-refractivity contribution in [3.05, 3.63) is 30.1 Å². The van der Waals surface area contributed by atoms with Crippen molar-refractivity contribution in [2.24, 2.45) is 0 Å². The molecule has 0 aromatic carbocycles. The Morgan fingerprint density at radius 2 is 1.75 bits per heavy atom. The van der Waals surface area contributed by atoms with E-state index in [0.717, 1.165) is 6.54 Å². The molecule has 0 fully saturated rings. The van der Waals surface area contributed by atoms with E-state index in [0.29, 0.717) is 5.56 Å². The molecule has 0 N–H and O–H groups in total. The van der Waals surface area contributed by atoms with Gasteiger partial charge in [-0.2, -0.15) is 0 Å². The summed E-state index contributed by atoms with van der Waals surface area (Å²) in [6.45, 7) is 3.22. The molecule has 1 rings (SSSR count). The van der Waals surface area contributed by atoms with Crippen LogP contribution in [0.3, 0.4) is 0 Å². The molecule has 112 valence electrons. The summed E-state index contributed by atoms with van der Waals surface area (Å²) in [4.78, 5) is 11.4. The standard InChI is InChI=1S/C17H28NO2/c1-3-4-5-6-7-8-9-10-13-18-14-11-12-16(15-18)17(19)20-2/h11-12,14-15H,3-10,13H2,1-2H3/q+1. The van der Waals surface area contributed by atoms with E-state index >= 15 is 0 Å². The minimum atomic E-state index is -0.268. The molecule has 0 unspecified atom stereocenters. The number of unbranched alkanes of at least 4 members (excludes halogenated alkanes) is 7. The highest BCUT2D eigenvalue weighted by Crippen LogP contribution is 2.08. The molecule has 0 aliphatic heterocycles. The normalized spacial score (nSPS) is 10.5. The number of hydrogen-bond acceptors (Lipinski definition) is 2. The lowest BCUT2D eigenvalue weighted by Gasteiger charge is -2.01. The van der Waals surface area contributed by atoms with Crippen molar-refractivity contribution in [2.45, 2.75) is 64.8 Å². The van der Waals surface area contributed by atoms with Gasteiger partial charge in [0.25, 0.3) is 0 Å². The number of methoxy groups -OCH3 is 1. The molecule has 1 aromatic heterocycles. The average Bonchev–Trinajstić information content (AvgIpc) is 2.49. The Labute approximate surface area is 123 Å². The third-order valence-corrected chi connectivity index (χ3v) is 3.55. The first kappa shape index (κ1) is 16.7. The summed E-state index contributed by atoms with van der Waals surface area (Å²) in [5, 5.41) is 0. The van der Waals surface area contributed by atoms with E-state index in [4.69, 9.17) is 4.74 Å². The van der Waals surface area contributed by atoms with Crippen LogP contribution in [-0.2, 0) is 11.3 Å². The van der Waals surface area contributed by atoms with Crippen molar-refractivity contribution in [3.8, 4) is 0 Å². The van der Waals surface area contributed by atoms with Crippen molar-refractivity contribution < 1.29 is 14.1 Å². The molecule has 1 heterocycles. The van der Waals surface area contributed by atoms with Crippen molar-refractivity contribution >= 4 is 5.97 Å². The molecule has 0 radical (unpaired) electrons. The average molecular weight is 278 g/mol. The summed E-state index contributed by atoms with van der Waals surface area (Å²) in [6, 6.07) is 3.69. The Bertz CT molecular complexity index is 390. The van der Waals surface area contributed by atoms with Gasteiger partial charge in [0.15, 0.2) is 12.4 Å². The van der Waals surface area contributed by atoms with Crippen LogP contribution < -0.4 is 4.57 Å². The van der Waals surface area contributed by atoms with Gasteiger partial charge in [0, 0.05) is 12.5 Å². The number of esters is 1. The number of pyridine rings is 1. The van der Waals surface area contributed by atoms with E-state index in [1.165, 1.54) is 58.5 Å². The fourth-order valence-electron chi connectivity index (χ4n) is 2.33. The zero-order valence-corrected chi connectivity index (χ0v) is 12.9. The first-order chi connectivity index (χ1) is 9.77. The van der Waals surface area contributed by atoms with Gasteiger partial charge in [0.05, 0.1) is 7.11 Å². The van der Waals surface area contributed by atoms with Crippen molar-refractivity contribution in [2.75, 3.05) is 7.11 Å². The van der Waals surface area contributed by atoms with Crippen LogP contribution in [0, 0.1) is 0 Å². The predicted molar refractivity (Wildman–Crippen MR) is 80.6 cm³/mol. The molecule has 3 nitrogen and oxygen atoms in total. The molecule has 0 saturated heterocycles. The van der Waals surface area contributed by atoms with Crippen LogP contribution in [0.4, 0.5) is 0 Å². The van der Waals surface area contributed by atoms with Gasteiger partial charge in [0.2, 0.25) is 0 Å². The zero-order valence-electron chi connectivity index (χ0n) is 12.9. The largest absolute Gasteiger partial charge is 0.465 e. The third kappa shape index (κ3) is 6.69. The third-order valence-electron chi connectivity index (χ3n) is 3.55. The van der Waals surface area contributed by atoms with Gasteiger partial charge in [-0.15, -0.1) is 0 Å². The molecule has 0 atom stereocenters. The highest BCUT2D eigenvalue weighted by molar-refractivity contribution is 5.88. The van der Waals surface area contributed by atoms with Gasteiger partial charge in [-0.1, -0.05) is 45.4 Å². The summed E-state index contributed by atoms with van der Waals surface area (Å²) in [5.41, 5.74) is 0.620. The monoisotopic (exact) mass is 278 g/mol. The number of carbonyl (C=O) groups excluding carboxylic acids is 1. The van der Waals surface area contributed by atoms with Gasteiger partial charge < -0.3 is 4.74 Å². The molecule has 0 aliphatic rings. The maximum absolute atomic E-state index is 11.4. The number of nitrogens with zero attached hydrogens (tertiary/aromatic N) is 1. The maximum Gasteiger partial charge on any atom is 0.343 e. The molecule has 0 aliphatic carbocycles. The van der Waals surface area contributed by atoms with Crippen LogP contribution in [0.15, 0.2) is 24.5 Å². The van der Waals surface area contributed by atoms with Gasteiger partial charge in [-0.05, 0) is 12.5 Å². The maximum atomic E-state index is 11.4. The van der Waals surface area contributed by atoms with Gasteiger partial charge in [-0.25, -0.2) is 9.36 Å². The second-order valence-corrected chi connectivity index (χ2v) is 5.30. The number of aryl methyl sites for hydroxylation is 1. The SMILES string of the molecule is CCCCCCCCCC[n+]1cccc(C(=O)OC)c1. The summed E-state index contributed by atoms with van der Waals surface area (Å²) < 4.78 is 6.80. The number of carbonyl (C=O) groups is 1. The highest BCUT2D eigenvalue weighted by atomic mass is 16.5. The van der Waals surface area contributed by atoms with Crippen LogP contribution in [0.1, 0.15) is 68.6 Å². The quantitative estimate of drug-likeness (QED) is 0.369. The zero-order chi connectivity index (χ0) is 14.6. The van der Waals surface area contributed by atoms with E-state index in [9.17, 15) is 4.79 Å². The van der Waals surface area contributed by atoms with Crippen LogP contribution in [-0.4, -0.2) is 13.1 Å². The second-order valence-electron chi connectivity index (χ2n) is 5.30. The van der Waals surface area contributed by atoms with E-state index in [1.807, 2.05) is 18.5 Å². The van der Waals surface area contributed by atoms with Crippen molar-refractivity contribution in [1.82, 2.24) is 0 Å². The van der Waals surface area contributed by atoms with Gasteiger partial charge in [-0.3, -0.25) is 0 Å². The Hall–Kier alpha value is -1.38. The molecular formula is C17H28NO2+. The van der Waals surface area contributed by atoms with Crippen molar-refractivity contribution in [1.29, 1.82) is 0 Å². The molecule has 1 aromatic rings. The van der Waals surface area contributed by atoms with Gasteiger partial charge in [0.1, 0.15) is 12.1 Å². The summed E-state index contributed by atoms with van der Waals surface area (Å²) >= 11 is 0. The number of ether oxygens (including phenoxy) is 1. The summed E-state index contributed by atoms with van der Waals surface area (Å²) in [7, 11) is 1.41. The number of aromatic nitrogens is 1. The van der Waals surface area contributed by atoms with Crippen LogP contribution in [0.5, 0.6) is 0 Å². The molecule has 0 spiro atoms. The van der Waals surface area contributed by atoms with Crippen molar-refractivity contribution in [3.63, 3.8) is 0 Å². The lowest BCUT2D eigenvalue weighted by molar-refractivity contribution is -0.697. The van der Waals surface area contributed by atoms with Crippen LogP contribution in [0.2, 0.25) is 0 Å². The number of hydrogen-bond donors (Lipinski definition) is 0. The van der Waals surface area contributed by atoms with E-state index in [1.54, 1.807) is 6.07 Å². The molecule has 20 heavy (non-hydrogen) atoms.